The number of aromatic nitrogens is 3. The Bertz CT molecular complexity index is 1380. The second-order valence-corrected chi connectivity index (χ2v) is 7.28. The zero-order chi connectivity index (χ0) is 19.5. The molecule has 3 aromatic heterocycles. The van der Waals surface area contributed by atoms with Crippen molar-refractivity contribution in [2.45, 2.75) is 6.18 Å². The summed E-state index contributed by atoms with van der Waals surface area (Å²) in [5.41, 5.74) is 0.420. The van der Waals surface area contributed by atoms with Gasteiger partial charge in [-0.2, -0.15) is 13.2 Å². The van der Waals surface area contributed by atoms with Crippen LogP contribution in [0.5, 0.6) is 0 Å². The molecular weight excluding hydrogens is 390 g/mol. The van der Waals surface area contributed by atoms with E-state index in [9.17, 15) is 17.6 Å². The minimum atomic E-state index is -4.49. The monoisotopic (exact) mass is 399 g/mol. The summed E-state index contributed by atoms with van der Waals surface area (Å²) < 4.78 is 54.7. The first-order valence-electron chi connectivity index (χ1n) is 8.21. The predicted octanol–water partition coefficient (Wildman–Crippen LogP) is 6.22. The molecule has 0 aliphatic carbocycles. The molecule has 0 unspecified atom stereocenters. The molecule has 8 heteroatoms. The van der Waals surface area contributed by atoms with Crippen molar-refractivity contribution in [3.05, 3.63) is 66.2 Å². The Morgan fingerprint density at radius 1 is 0.893 bits per heavy atom. The Balaban J connectivity index is 1.77. The first-order chi connectivity index (χ1) is 13.4. The zero-order valence-corrected chi connectivity index (χ0v) is 14.8. The van der Waals surface area contributed by atoms with Gasteiger partial charge in [0, 0.05) is 22.5 Å². The van der Waals surface area contributed by atoms with Crippen LogP contribution in [0, 0.1) is 5.82 Å². The maximum absolute atomic E-state index is 14.0. The third kappa shape index (κ3) is 2.68. The van der Waals surface area contributed by atoms with Crippen LogP contribution in [0.4, 0.5) is 17.6 Å². The van der Waals surface area contributed by atoms with Crippen LogP contribution in [0.25, 0.3) is 42.6 Å². The van der Waals surface area contributed by atoms with E-state index in [1.54, 1.807) is 18.2 Å². The lowest BCUT2D eigenvalue weighted by atomic mass is 10.1. The zero-order valence-electron chi connectivity index (χ0n) is 14.0. The van der Waals surface area contributed by atoms with E-state index < -0.39 is 17.6 Å². The average Bonchev–Trinajstić information content (AvgIpc) is 3.06. The summed E-state index contributed by atoms with van der Waals surface area (Å²) in [6, 6.07) is 10.7. The Kier molecular flexibility index (Phi) is 3.60. The molecule has 3 heterocycles. The molecule has 138 valence electrons. The topological polar surface area (TPSA) is 38.7 Å². The van der Waals surface area contributed by atoms with Gasteiger partial charge < -0.3 is 0 Å². The smallest absolute Gasteiger partial charge is 0.262 e. The molecule has 5 aromatic rings. The molecule has 0 aliphatic heterocycles. The summed E-state index contributed by atoms with van der Waals surface area (Å²) in [7, 11) is 0. The first kappa shape index (κ1) is 17.0. The lowest BCUT2D eigenvalue weighted by molar-refractivity contribution is -0.136. The van der Waals surface area contributed by atoms with E-state index in [1.165, 1.54) is 29.7 Å². The first-order valence-corrected chi connectivity index (χ1v) is 9.03. The SMILES string of the molecule is Fc1cnccc1-c1nc2cc3nc4c(C(F)(F)F)cccc4cc3cc2s1. The standard InChI is InChI=1S/C20H9F4N3S/c21-14-9-25-5-4-12(14)19-27-16-8-15-11(7-17(16)28-19)6-10-2-1-3-13(18(10)26-15)20(22,23)24/h1-9H. The van der Waals surface area contributed by atoms with Crippen molar-refractivity contribution in [2.24, 2.45) is 0 Å². The molecule has 0 bridgehead atoms. The molecule has 0 amide bonds. The van der Waals surface area contributed by atoms with Gasteiger partial charge in [-0.15, -0.1) is 11.3 Å². The minimum Gasteiger partial charge on any atom is -0.262 e. The van der Waals surface area contributed by atoms with E-state index >= 15 is 0 Å². The van der Waals surface area contributed by atoms with Crippen LogP contribution in [0.2, 0.25) is 0 Å². The van der Waals surface area contributed by atoms with Crippen LogP contribution in [0.15, 0.2) is 54.9 Å². The number of pyridine rings is 2. The van der Waals surface area contributed by atoms with Crippen LogP contribution in [0.1, 0.15) is 5.56 Å². The average molecular weight is 399 g/mol. The van der Waals surface area contributed by atoms with Crippen molar-refractivity contribution < 1.29 is 17.6 Å². The van der Waals surface area contributed by atoms with Gasteiger partial charge in [-0.3, -0.25) is 4.98 Å². The minimum absolute atomic E-state index is 0.0996. The largest absolute Gasteiger partial charge is 0.418 e. The molecule has 0 radical (unpaired) electrons. The second kappa shape index (κ2) is 5.93. The van der Waals surface area contributed by atoms with Gasteiger partial charge in [0.1, 0.15) is 5.01 Å². The van der Waals surface area contributed by atoms with Crippen LogP contribution >= 0.6 is 11.3 Å². The lowest BCUT2D eigenvalue weighted by Crippen LogP contribution is -2.06. The second-order valence-electron chi connectivity index (χ2n) is 6.25. The fourth-order valence-corrected chi connectivity index (χ4v) is 4.20. The number of thiazole rings is 1. The maximum Gasteiger partial charge on any atom is 0.418 e. The van der Waals surface area contributed by atoms with Gasteiger partial charge >= 0.3 is 6.18 Å². The molecule has 0 fully saturated rings. The van der Waals surface area contributed by atoms with E-state index in [4.69, 9.17) is 0 Å². The summed E-state index contributed by atoms with van der Waals surface area (Å²) in [6.45, 7) is 0. The van der Waals surface area contributed by atoms with E-state index in [1.807, 2.05) is 6.07 Å². The van der Waals surface area contributed by atoms with Gasteiger partial charge in [0.25, 0.3) is 0 Å². The van der Waals surface area contributed by atoms with E-state index in [2.05, 4.69) is 15.0 Å². The molecule has 0 atom stereocenters. The predicted molar refractivity (Wildman–Crippen MR) is 101 cm³/mol. The number of hydrogen-bond acceptors (Lipinski definition) is 4. The van der Waals surface area contributed by atoms with Gasteiger partial charge in [0.05, 0.1) is 33.0 Å². The van der Waals surface area contributed by atoms with Crippen LogP contribution < -0.4 is 0 Å². The normalized spacial score (nSPS) is 12.3. The third-order valence-electron chi connectivity index (χ3n) is 4.46. The van der Waals surface area contributed by atoms with Crippen LogP contribution in [-0.2, 0) is 6.18 Å². The summed E-state index contributed by atoms with van der Waals surface area (Å²) in [5.74, 6) is -0.482. The maximum atomic E-state index is 14.0. The van der Waals surface area contributed by atoms with Crippen molar-refractivity contribution in [1.29, 1.82) is 0 Å². The highest BCUT2D eigenvalue weighted by molar-refractivity contribution is 7.21. The Hall–Kier alpha value is -3.13. The Morgan fingerprint density at radius 2 is 1.75 bits per heavy atom. The van der Waals surface area contributed by atoms with E-state index in [0.29, 0.717) is 32.4 Å². The van der Waals surface area contributed by atoms with Crippen molar-refractivity contribution in [1.82, 2.24) is 15.0 Å². The van der Waals surface area contributed by atoms with Gasteiger partial charge in [0.2, 0.25) is 0 Å². The fraction of sp³-hybridized carbons (Fsp3) is 0.0500. The molecule has 28 heavy (non-hydrogen) atoms. The number of rotatable bonds is 1. The molecule has 0 aliphatic rings. The summed E-state index contributed by atoms with van der Waals surface area (Å²) in [6.07, 6.45) is -1.89. The fourth-order valence-electron chi connectivity index (χ4n) is 3.17. The molecule has 3 nitrogen and oxygen atoms in total. The number of fused-ring (bicyclic) bond motifs is 3. The molecule has 0 spiro atoms. The Labute approximate surface area is 159 Å². The molecule has 0 N–H and O–H groups in total. The van der Waals surface area contributed by atoms with Crippen LogP contribution in [-0.4, -0.2) is 15.0 Å². The third-order valence-corrected chi connectivity index (χ3v) is 5.51. The van der Waals surface area contributed by atoms with Crippen LogP contribution in [0.3, 0.4) is 0 Å². The molecule has 0 saturated carbocycles. The molecule has 2 aromatic carbocycles. The highest BCUT2D eigenvalue weighted by Crippen LogP contribution is 2.37. The van der Waals surface area contributed by atoms with E-state index in [-0.39, 0.29) is 5.52 Å². The van der Waals surface area contributed by atoms with E-state index in [0.717, 1.165) is 17.0 Å². The number of para-hydroxylation sites is 1. The summed E-state index contributed by atoms with van der Waals surface area (Å²) in [5, 5.41) is 1.59. The molecule has 5 rings (SSSR count). The molecule has 0 saturated heterocycles. The van der Waals surface area contributed by atoms with Crippen molar-refractivity contribution in [3.8, 4) is 10.6 Å². The number of benzene rings is 2. The summed E-state index contributed by atoms with van der Waals surface area (Å²) >= 11 is 1.31. The number of alkyl halides is 3. The molecular formula is C20H9F4N3S. The van der Waals surface area contributed by atoms with Crippen molar-refractivity contribution in [2.75, 3.05) is 0 Å². The number of halogens is 4. The van der Waals surface area contributed by atoms with Gasteiger partial charge in [-0.05, 0) is 30.3 Å². The lowest BCUT2D eigenvalue weighted by Gasteiger charge is -2.10. The Morgan fingerprint density at radius 3 is 2.54 bits per heavy atom. The van der Waals surface area contributed by atoms with Crippen molar-refractivity contribution >= 4 is 43.4 Å². The van der Waals surface area contributed by atoms with Gasteiger partial charge in [-0.25, -0.2) is 14.4 Å². The highest BCUT2D eigenvalue weighted by Gasteiger charge is 2.33. The van der Waals surface area contributed by atoms with Gasteiger partial charge in [0.15, 0.2) is 5.82 Å². The summed E-state index contributed by atoms with van der Waals surface area (Å²) in [4.78, 5) is 12.4. The number of nitrogens with zero attached hydrogens (tertiary/aromatic N) is 3. The highest BCUT2D eigenvalue weighted by atomic mass is 32.1. The number of hydrogen-bond donors (Lipinski definition) is 0. The quantitative estimate of drug-likeness (QED) is 0.248. The van der Waals surface area contributed by atoms with Gasteiger partial charge in [-0.1, -0.05) is 12.1 Å². The van der Waals surface area contributed by atoms with Crippen molar-refractivity contribution in [3.63, 3.8) is 0 Å².